The Morgan fingerprint density at radius 2 is 1.60 bits per heavy atom. The van der Waals surface area contributed by atoms with Crippen LogP contribution in [-0.4, -0.2) is 24.2 Å². The van der Waals surface area contributed by atoms with Crippen molar-refractivity contribution in [2.24, 2.45) is 0 Å². The molecule has 0 radical (unpaired) electrons. The Morgan fingerprint density at radius 3 is 2.25 bits per heavy atom. The maximum absolute atomic E-state index is 5.90. The molecule has 4 nitrogen and oxygen atoms in total. The van der Waals surface area contributed by atoms with E-state index in [2.05, 4.69) is 9.97 Å². The van der Waals surface area contributed by atoms with E-state index in [-0.39, 0.29) is 0 Å². The largest absolute Gasteiger partial charge is 0.494 e. The monoisotopic (exact) mass is 288 g/mol. The lowest BCUT2D eigenvalue weighted by atomic mass is 10.2. The molecule has 0 saturated heterocycles. The van der Waals surface area contributed by atoms with Crippen molar-refractivity contribution < 1.29 is 9.47 Å². The molecule has 102 valence electrons. The minimum absolute atomic E-state index is 0.694. The van der Waals surface area contributed by atoms with Crippen molar-refractivity contribution in [3.63, 3.8) is 0 Å². The van der Waals surface area contributed by atoms with Crippen LogP contribution >= 0.6 is 11.6 Å². The number of halogens is 1. The number of nitrogens with zero attached hydrogens (tertiary/aromatic N) is 1. The van der Waals surface area contributed by atoms with Gasteiger partial charge in [-0.3, -0.25) is 0 Å². The maximum Gasteiger partial charge on any atom is 0.146 e. The van der Waals surface area contributed by atoms with Crippen molar-refractivity contribution in [3.8, 4) is 22.9 Å². The summed E-state index contributed by atoms with van der Waals surface area (Å²) in [6, 6.07) is 11.2. The second-order valence-corrected chi connectivity index (χ2v) is 4.72. The molecule has 1 heterocycles. The zero-order chi connectivity index (χ0) is 14.1. The van der Waals surface area contributed by atoms with Gasteiger partial charge in [0.2, 0.25) is 0 Å². The van der Waals surface area contributed by atoms with Crippen molar-refractivity contribution in [1.82, 2.24) is 9.97 Å². The van der Waals surface area contributed by atoms with Crippen LogP contribution in [0, 0.1) is 0 Å². The van der Waals surface area contributed by atoms with Crippen LogP contribution in [0.5, 0.6) is 11.5 Å². The average Bonchev–Trinajstić information content (AvgIpc) is 2.92. The van der Waals surface area contributed by atoms with Crippen LogP contribution < -0.4 is 9.47 Å². The van der Waals surface area contributed by atoms with Gasteiger partial charge in [0.25, 0.3) is 0 Å². The Labute approximate surface area is 121 Å². The van der Waals surface area contributed by atoms with Gasteiger partial charge in [0.15, 0.2) is 0 Å². The second-order valence-electron chi connectivity index (χ2n) is 4.29. The molecule has 0 fully saturated rings. The molecular weight excluding hydrogens is 276 g/mol. The molecule has 0 saturated carbocycles. The molecule has 0 amide bonds. The topological polar surface area (TPSA) is 47.1 Å². The minimum atomic E-state index is 0.694. The number of hydrogen-bond donors (Lipinski definition) is 1. The normalized spacial score (nSPS) is 10.8. The third-order valence-electron chi connectivity index (χ3n) is 3.13. The first kappa shape index (κ1) is 12.8. The minimum Gasteiger partial charge on any atom is -0.494 e. The lowest BCUT2D eigenvalue weighted by Gasteiger charge is -2.04. The van der Waals surface area contributed by atoms with E-state index in [4.69, 9.17) is 21.1 Å². The molecule has 20 heavy (non-hydrogen) atoms. The van der Waals surface area contributed by atoms with Gasteiger partial charge >= 0.3 is 0 Å². The van der Waals surface area contributed by atoms with Gasteiger partial charge in [-0.15, -0.1) is 0 Å². The first-order chi connectivity index (χ1) is 9.72. The predicted molar refractivity (Wildman–Crippen MR) is 79.6 cm³/mol. The number of imidazole rings is 1. The van der Waals surface area contributed by atoms with E-state index in [9.17, 15) is 0 Å². The quantitative estimate of drug-likeness (QED) is 0.795. The lowest BCUT2D eigenvalue weighted by molar-refractivity contribution is 0.409. The van der Waals surface area contributed by atoms with E-state index in [1.54, 1.807) is 14.2 Å². The molecule has 1 aromatic heterocycles. The van der Waals surface area contributed by atoms with Crippen molar-refractivity contribution in [3.05, 3.63) is 41.4 Å². The molecule has 0 unspecified atom stereocenters. The highest BCUT2D eigenvalue weighted by molar-refractivity contribution is 6.30. The molecule has 0 aliphatic carbocycles. The molecule has 1 N–H and O–H groups in total. The van der Waals surface area contributed by atoms with Crippen molar-refractivity contribution in [2.75, 3.05) is 14.2 Å². The van der Waals surface area contributed by atoms with E-state index in [1.807, 2.05) is 36.4 Å². The molecule has 3 aromatic rings. The third kappa shape index (κ3) is 2.08. The molecular formula is C15H13ClN2O2. The van der Waals surface area contributed by atoms with Gasteiger partial charge in [0.1, 0.15) is 28.4 Å². The Morgan fingerprint density at radius 1 is 0.950 bits per heavy atom. The molecule has 5 heteroatoms. The molecule has 0 aliphatic heterocycles. The Bertz CT molecular complexity index is 709. The van der Waals surface area contributed by atoms with E-state index in [1.165, 1.54) is 0 Å². The van der Waals surface area contributed by atoms with Crippen molar-refractivity contribution in [2.45, 2.75) is 0 Å². The molecule has 0 bridgehead atoms. The Hall–Kier alpha value is -2.20. The smallest absolute Gasteiger partial charge is 0.146 e. The van der Waals surface area contributed by atoms with Crippen LogP contribution in [0.25, 0.3) is 22.4 Å². The second kappa shape index (κ2) is 5.06. The summed E-state index contributed by atoms with van der Waals surface area (Å²) in [6.07, 6.45) is 0. The number of hydrogen-bond acceptors (Lipinski definition) is 3. The summed E-state index contributed by atoms with van der Waals surface area (Å²) in [5.41, 5.74) is 2.52. The van der Waals surface area contributed by atoms with Crippen LogP contribution in [0.3, 0.4) is 0 Å². The zero-order valence-corrected chi connectivity index (χ0v) is 11.9. The Kier molecular flexibility index (Phi) is 3.24. The first-order valence-corrected chi connectivity index (χ1v) is 6.47. The number of fused-ring (bicyclic) bond motifs is 1. The fourth-order valence-corrected chi connectivity index (χ4v) is 2.25. The summed E-state index contributed by atoms with van der Waals surface area (Å²) in [7, 11) is 3.25. The summed E-state index contributed by atoms with van der Waals surface area (Å²) >= 11 is 5.90. The summed E-state index contributed by atoms with van der Waals surface area (Å²) in [5.74, 6) is 2.19. The summed E-state index contributed by atoms with van der Waals surface area (Å²) in [6.45, 7) is 0. The predicted octanol–water partition coefficient (Wildman–Crippen LogP) is 3.90. The SMILES string of the molecule is COc1ccc(OC)c2[nH]c(-c3ccc(Cl)cc3)nc12. The molecule has 0 aliphatic rings. The summed E-state index contributed by atoms with van der Waals surface area (Å²) in [5, 5.41) is 0.694. The number of nitrogens with one attached hydrogen (secondary N) is 1. The standard InChI is InChI=1S/C15H13ClN2O2/c1-19-11-7-8-12(20-2)14-13(11)17-15(18-14)9-3-5-10(16)6-4-9/h3-8H,1-2H3,(H,17,18). The number of aromatic amines is 1. The fourth-order valence-electron chi connectivity index (χ4n) is 2.12. The average molecular weight is 289 g/mol. The fraction of sp³-hybridized carbons (Fsp3) is 0.133. The number of aromatic nitrogens is 2. The van der Waals surface area contributed by atoms with E-state index >= 15 is 0 Å². The van der Waals surface area contributed by atoms with Crippen LogP contribution in [0.15, 0.2) is 36.4 Å². The maximum atomic E-state index is 5.90. The molecule has 0 spiro atoms. The molecule has 0 atom stereocenters. The van der Waals surface area contributed by atoms with E-state index in [0.29, 0.717) is 10.8 Å². The van der Waals surface area contributed by atoms with Gasteiger partial charge < -0.3 is 14.5 Å². The first-order valence-electron chi connectivity index (χ1n) is 6.09. The van der Waals surface area contributed by atoms with Crippen LogP contribution in [0.2, 0.25) is 5.02 Å². The van der Waals surface area contributed by atoms with E-state index < -0.39 is 0 Å². The van der Waals surface area contributed by atoms with Crippen molar-refractivity contribution >= 4 is 22.6 Å². The number of benzene rings is 2. The highest BCUT2D eigenvalue weighted by atomic mass is 35.5. The van der Waals surface area contributed by atoms with Gasteiger partial charge in [-0.05, 0) is 36.4 Å². The highest BCUT2D eigenvalue weighted by Gasteiger charge is 2.13. The number of ether oxygens (including phenoxy) is 2. The molecule has 3 rings (SSSR count). The van der Waals surface area contributed by atoms with Crippen LogP contribution in [-0.2, 0) is 0 Å². The van der Waals surface area contributed by atoms with Gasteiger partial charge in [-0.1, -0.05) is 11.6 Å². The lowest BCUT2D eigenvalue weighted by Crippen LogP contribution is -1.88. The van der Waals surface area contributed by atoms with Gasteiger partial charge in [0, 0.05) is 10.6 Å². The van der Waals surface area contributed by atoms with Gasteiger partial charge in [-0.25, -0.2) is 4.98 Å². The number of H-pyrrole nitrogens is 1. The number of methoxy groups -OCH3 is 2. The van der Waals surface area contributed by atoms with E-state index in [0.717, 1.165) is 28.2 Å². The van der Waals surface area contributed by atoms with Gasteiger partial charge in [-0.2, -0.15) is 0 Å². The van der Waals surface area contributed by atoms with Crippen LogP contribution in [0.1, 0.15) is 0 Å². The highest BCUT2D eigenvalue weighted by Crippen LogP contribution is 2.33. The van der Waals surface area contributed by atoms with Crippen molar-refractivity contribution in [1.29, 1.82) is 0 Å². The summed E-state index contributed by atoms with van der Waals surface area (Å²) in [4.78, 5) is 7.85. The van der Waals surface area contributed by atoms with Gasteiger partial charge in [0.05, 0.1) is 14.2 Å². The molecule has 2 aromatic carbocycles. The summed E-state index contributed by atoms with van der Waals surface area (Å²) < 4.78 is 10.7. The Balaban J connectivity index is 2.21. The van der Waals surface area contributed by atoms with Crippen LogP contribution in [0.4, 0.5) is 0 Å². The third-order valence-corrected chi connectivity index (χ3v) is 3.38. The zero-order valence-electron chi connectivity index (χ0n) is 11.1. The number of rotatable bonds is 3.